The minimum absolute atomic E-state index is 1.10. The average molecular weight is 267 g/mol. The Morgan fingerprint density at radius 2 is 1.47 bits per heavy atom. The predicted octanol–water partition coefficient (Wildman–Crippen LogP) is 5.28. The highest BCUT2D eigenvalue weighted by atomic mass is 32.2. The van der Waals surface area contributed by atoms with Crippen LogP contribution in [0.4, 0.5) is 0 Å². The number of hydrogen-bond donors (Lipinski definition) is 0. The van der Waals surface area contributed by atoms with Crippen LogP contribution in [-0.2, 0) is 0 Å². The van der Waals surface area contributed by atoms with E-state index in [9.17, 15) is 0 Å². The molecule has 0 atom stereocenters. The number of thioether (sulfide) groups is 1. The van der Waals surface area contributed by atoms with E-state index in [1.54, 1.807) is 0 Å². The molecule has 96 valence electrons. The number of benzene rings is 2. The summed E-state index contributed by atoms with van der Waals surface area (Å²) < 4.78 is 0. The molecule has 0 aliphatic rings. The molecule has 0 N–H and O–H groups in total. The van der Waals surface area contributed by atoms with Crippen LogP contribution >= 0.6 is 11.8 Å². The van der Waals surface area contributed by atoms with Crippen molar-refractivity contribution in [3.63, 3.8) is 0 Å². The van der Waals surface area contributed by atoms with Gasteiger partial charge in [0.05, 0.1) is 11.0 Å². The molecule has 0 spiro atoms. The smallest absolute Gasteiger partial charge is 0.0721 e. The summed E-state index contributed by atoms with van der Waals surface area (Å²) in [5.41, 5.74) is 2.19. The lowest BCUT2D eigenvalue weighted by Gasteiger charge is -2.10. The van der Waals surface area contributed by atoms with Gasteiger partial charge in [0.25, 0.3) is 0 Å². The number of para-hydroxylation sites is 2. The Kier molecular flexibility index (Phi) is 3.69. The zero-order valence-electron chi connectivity index (χ0n) is 11.1. The van der Waals surface area contributed by atoms with E-state index in [4.69, 9.17) is 4.98 Å². The number of pyridine rings is 1. The van der Waals surface area contributed by atoms with Gasteiger partial charge in [0, 0.05) is 15.7 Å². The molecule has 2 heteroatoms. The third kappa shape index (κ3) is 2.45. The molecule has 0 bridgehead atoms. The average Bonchev–Trinajstić information content (AvgIpc) is 2.46. The van der Waals surface area contributed by atoms with Gasteiger partial charge in [0.1, 0.15) is 0 Å². The maximum Gasteiger partial charge on any atom is 0.0721 e. The number of aromatic nitrogens is 1. The fraction of sp³-hybridized carbons (Fsp3) is 0.235. The minimum Gasteiger partial charge on any atom is -0.248 e. The van der Waals surface area contributed by atoms with Crippen molar-refractivity contribution >= 4 is 33.6 Å². The molecule has 1 nitrogen and oxygen atoms in total. The molecule has 2 aromatic carbocycles. The van der Waals surface area contributed by atoms with E-state index in [1.165, 1.54) is 34.3 Å². The SMILES string of the molecule is CCCCSc1c2ccccc2nc2ccccc12. The first-order chi connectivity index (χ1) is 9.40. The quantitative estimate of drug-likeness (QED) is 0.362. The molecular weight excluding hydrogens is 250 g/mol. The second-order valence-corrected chi connectivity index (χ2v) is 5.78. The normalized spacial score (nSPS) is 11.2. The first-order valence-electron chi connectivity index (χ1n) is 6.80. The minimum atomic E-state index is 1.10. The van der Waals surface area contributed by atoms with E-state index in [-0.39, 0.29) is 0 Å². The van der Waals surface area contributed by atoms with E-state index in [0.29, 0.717) is 0 Å². The van der Waals surface area contributed by atoms with Crippen LogP contribution in [0.2, 0.25) is 0 Å². The summed E-state index contributed by atoms with van der Waals surface area (Å²) in [5.74, 6) is 1.18. The Morgan fingerprint density at radius 3 is 2.05 bits per heavy atom. The molecule has 0 aliphatic carbocycles. The fourth-order valence-electron chi connectivity index (χ4n) is 2.28. The standard InChI is InChI=1S/C17H17NS/c1-2-3-12-19-17-13-8-4-6-10-15(13)18-16-11-7-5-9-14(16)17/h4-11H,2-3,12H2,1H3. The van der Waals surface area contributed by atoms with E-state index < -0.39 is 0 Å². The molecular formula is C17H17NS. The van der Waals surface area contributed by atoms with Crippen molar-refractivity contribution in [3.8, 4) is 0 Å². The van der Waals surface area contributed by atoms with Crippen LogP contribution in [0.25, 0.3) is 21.8 Å². The van der Waals surface area contributed by atoms with Crippen LogP contribution in [0.1, 0.15) is 19.8 Å². The highest BCUT2D eigenvalue weighted by Gasteiger charge is 2.08. The van der Waals surface area contributed by atoms with Gasteiger partial charge in [-0.15, -0.1) is 11.8 Å². The zero-order valence-corrected chi connectivity index (χ0v) is 11.9. The summed E-state index contributed by atoms with van der Waals surface area (Å²) >= 11 is 1.96. The van der Waals surface area contributed by atoms with Gasteiger partial charge in [0.15, 0.2) is 0 Å². The molecule has 0 radical (unpaired) electrons. The molecule has 0 saturated heterocycles. The highest BCUT2D eigenvalue weighted by Crippen LogP contribution is 2.34. The molecule has 0 amide bonds. The van der Waals surface area contributed by atoms with Crippen molar-refractivity contribution < 1.29 is 0 Å². The summed E-state index contributed by atoms with van der Waals surface area (Å²) in [6.45, 7) is 2.24. The van der Waals surface area contributed by atoms with Gasteiger partial charge in [-0.05, 0) is 24.3 Å². The Labute approximate surface area is 118 Å². The molecule has 3 aromatic rings. The van der Waals surface area contributed by atoms with Crippen molar-refractivity contribution in [2.45, 2.75) is 24.7 Å². The topological polar surface area (TPSA) is 12.9 Å². The third-order valence-corrected chi connectivity index (χ3v) is 4.50. The first kappa shape index (κ1) is 12.5. The van der Waals surface area contributed by atoms with Crippen molar-refractivity contribution in [1.82, 2.24) is 4.98 Å². The van der Waals surface area contributed by atoms with Gasteiger partial charge in [-0.1, -0.05) is 49.7 Å². The van der Waals surface area contributed by atoms with E-state index in [0.717, 1.165) is 11.0 Å². The van der Waals surface area contributed by atoms with Gasteiger partial charge in [-0.2, -0.15) is 0 Å². The monoisotopic (exact) mass is 267 g/mol. The molecule has 0 unspecified atom stereocenters. The van der Waals surface area contributed by atoms with E-state index in [2.05, 4.69) is 55.5 Å². The number of unbranched alkanes of at least 4 members (excludes halogenated alkanes) is 1. The van der Waals surface area contributed by atoms with Crippen LogP contribution in [0.15, 0.2) is 53.4 Å². The van der Waals surface area contributed by atoms with Gasteiger partial charge < -0.3 is 0 Å². The van der Waals surface area contributed by atoms with Gasteiger partial charge in [-0.25, -0.2) is 4.98 Å². The van der Waals surface area contributed by atoms with Crippen molar-refractivity contribution in [2.24, 2.45) is 0 Å². The fourth-order valence-corrected chi connectivity index (χ4v) is 3.57. The summed E-state index contributed by atoms with van der Waals surface area (Å²) in [5, 5.41) is 2.56. The van der Waals surface area contributed by atoms with Crippen LogP contribution < -0.4 is 0 Å². The molecule has 19 heavy (non-hydrogen) atoms. The van der Waals surface area contributed by atoms with Gasteiger partial charge in [0.2, 0.25) is 0 Å². The molecule has 0 fully saturated rings. The zero-order chi connectivity index (χ0) is 13.1. The Bertz CT molecular complexity index is 652. The third-order valence-electron chi connectivity index (χ3n) is 3.28. The number of hydrogen-bond acceptors (Lipinski definition) is 2. The van der Waals surface area contributed by atoms with E-state index >= 15 is 0 Å². The first-order valence-corrected chi connectivity index (χ1v) is 7.79. The second kappa shape index (κ2) is 5.62. The molecule has 0 saturated carbocycles. The lowest BCUT2D eigenvalue weighted by Crippen LogP contribution is -1.88. The summed E-state index contributed by atoms with van der Waals surface area (Å²) in [7, 11) is 0. The summed E-state index contributed by atoms with van der Waals surface area (Å²) in [4.78, 5) is 6.14. The van der Waals surface area contributed by atoms with E-state index in [1.807, 2.05) is 11.8 Å². The van der Waals surface area contributed by atoms with Crippen LogP contribution in [0.3, 0.4) is 0 Å². The second-order valence-electron chi connectivity index (χ2n) is 4.68. The summed E-state index contributed by atoms with van der Waals surface area (Å²) in [6.07, 6.45) is 2.50. The lowest BCUT2D eigenvalue weighted by molar-refractivity contribution is 0.896. The molecule has 1 aromatic heterocycles. The van der Waals surface area contributed by atoms with Crippen LogP contribution in [0.5, 0.6) is 0 Å². The largest absolute Gasteiger partial charge is 0.248 e. The predicted molar refractivity (Wildman–Crippen MR) is 84.9 cm³/mol. The van der Waals surface area contributed by atoms with Crippen molar-refractivity contribution in [1.29, 1.82) is 0 Å². The lowest BCUT2D eigenvalue weighted by atomic mass is 10.1. The van der Waals surface area contributed by atoms with Crippen molar-refractivity contribution in [3.05, 3.63) is 48.5 Å². The highest BCUT2D eigenvalue weighted by molar-refractivity contribution is 7.99. The van der Waals surface area contributed by atoms with Crippen LogP contribution in [0, 0.1) is 0 Å². The maximum atomic E-state index is 4.75. The number of rotatable bonds is 4. The number of fused-ring (bicyclic) bond motifs is 2. The summed E-state index contributed by atoms with van der Waals surface area (Å²) in [6, 6.07) is 16.9. The Morgan fingerprint density at radius 1 is 0.895 bits per heavy atom. The molecule has 0 aliphatic heterocycles. The van der Waals surface area contributed by atoms with Gasteiger partial charge >= 0.3 is 0 Å². The van der Waals surface area contributed by atoms with Crippen LogP contribution in [-0.4, -0.2) is 10.7 Å². The Balaban J connectivity index is 2.21. The number of nitrogens with zero attached hydrogens (tertiary/aromatic N) is 1. The molecule has 3 rings (SSSR count). The van der Waals surface area contributed by atoms with Crippen molar-refractivity contribution in [2.75, 3.05) is 5.75 Å². The Hall–Kier alpha value is -1.54. The molecule has 1 heterocycles. The van der Waals surface area contributed by atoms with Gasteiger partial charge in [-0.3, -0.25) is 0 Å². The maximum absolute atomic E-state index is 4.75.